The maximum absolute atomic E-state index is 11.6. The fourth-order valence-corrected chi connectivity index (χ4v) is 2.16. The molecule has 112 valence electrons. The Kier molecular flexibility index (Phi) is 4.68. The zero-order valence-corrected chi connectivity index (χ0v) is 13.3. The molecule has 0 bridgehead atoms. The first-order valence-corrected chi connectivity index (χ1v) is 7.14. The van der Waals surface area contributed by atoms with Gasteiger partial charge >= 0.3 is 5.97 Å². The van der Waals surface area contributed by atoms with Crippen LogP contribution in [0.25, 0.3) is 10.9 Å². The maximum Gasteiger partial charge on any atom is 0.344 e. The van der Waals surface area contributed by atoms with Crippen molar-refractivity contribution >= 4 is 28.5 Å². The summed E-state index contributed by atoms with van der Waals surface area (Å²) in [6.45, 7) is 7.26. The molecular weight excluding hydrogens is 290 g/mol. The fourth-order valence-electron chi connectivity index (χ4n) is 2.00. The Morgan fingerprint density at radius 2 is 2.00 bits per heavy atom. The molecule has 0 atom stereocenters. The smallest absolute Gasteiger partial charge is 0.344 e. The molecule has 1 heterocycles. The van der Waals surface area contributed by atoms with Crippen molar-refractivity contribution in [1.29, 1.82) is 0 Å². The van der Waals surface area contributed by atoms with Crippen LogP contribution in [0.1, 0.15) is 25.1 Å². The highest BCUT2D eigenvalue weighted by molar-refractivity contribution is 6.32. The molecule has 2 rings (SSSR count). The molecule has 0 unspecified atom stereocenters. The van der Waals surface area contributed by atoms with E-state index in [1.807, 2.05) is 19.9 Å². The lowest BCUT2D eigenvalue weighted by Gasteiger charge is -2.12. The minimum absolute atomic E-state index is 0.127. The number of halogens is 1. The summed E-state index contributed by atoms with van der Waals surface area (Å²) in [4.78, 5) is 16.0. The molecule has 0 radical (unpaired) electrons. The molecule has 1 aromatic carbocycles. The van der Waals surface area contributed by atoms with Gasteiger partial charge in [0.15, 0.2) is 6.61 Å². The van der Waals surface area contributed by atoms with E-state index in [1.54, 1.807) is 26.0 Å². The Morgan fingerprint density at radius 1 is 1.29 bits per heavy atom. The third-order valence-electron chi connectivity index (χ3n) is 2.89. The van der Waals surface area contributed by atoms with Crippen molar-refractivity contribution in [3.8, 4) is 5.75 Å². The quantitative estimate of drug-likeness (QED) is 0.805. The Balaban J connectivity index is 2.30. The number of esters is 1. The maximum atomic E-state index is 11.6. The highest BCUT2D eigenvalue weighted by atomic mass is 35.5. The van der Waals surface area contributed by atoms with Gasteiger partial charge in [0, 0.05) is 22.2 Å². The summed E-state index contributed by atoms with van der Waals surface area (Å²) >= 11 is 6.12. The number of hydrogen-bond acceptors (Lipinski definition) is 4. The molecule has 0 saturated carbocycles. The van der Waals surface area contributed by atoms with Gasteiger partial charge in [0.1, 0.15) is 5.75 Å². The second kappa shape index (κ2) is 6.31. The average Bonchev–Trinajstić information content (AvgIpc) is 2.37. The molecule has 0 aliphatic carbocycles. The van der Waals surface area contributed by atoms with Gasteiger partial charge in [0.2, 0.25) is 0 Å². The first-order valence-electron chi connectivity index (χ1n) is 6.76. The lowest BCUT2D eigenvalue weighted by molar-refractivity contribution is -0.149. The molecule has 0 N–H and O–H groups in total. The molecule has 0 fully saturated rings. The van der Waals surface area contributed by atoms with Crippen molar-refractivity contribution in [1.82, 2.24) is 4.98 Å². The number of hydrogen-bond donors (Lipinski definition) is 0. The van der Waals surface area contributed by atoms with E-state index in [0.29, 0.717) is 10.8 Å². The van der Waals surface area contributed by atoms with Gasteiger partial charge in [-0.15, -0.1) is 0 Å². The van der Waals surface area contributed by atoms with Crippen LogP contribution in [-0.2, 0) is 9.53 Å². The number of nitrogens with zero attached hydrogens (tertiary/aromatic N) is 1. The molecule has 0 spiro atoms. The number of carbonyl (C=O) groups is 1. The van der Waals surface area contributed by atoms with Gasteiger partial charge in [0.05, 0.1) is 11.6 Å². The summed E-state index contributed by atoms with van der Waals surface area (Å²) < 4.78 is 10.7. The summed E-state index contributed by atoms with van der Waals surface area (Å²) in [5.41, 5.74) is 2.48. The minimum Gasteiger partial charge on any atom is -0.481 e. The van der Waals surface area contributed by atoms with Gasteiger partial charge in [-0.05, 0) is 45.4 Å². The molecule has 0 saturated heterocycles. The van der Waals surface area contributed by atoms with Crippen LogP contribution in [0.15, 0.2) is 18.2 Å². The highest BCUT2D eigenvalue weighted by Crippen LogP contribution is 2.30. The number of aromatic nitrogens is 1. The summed E-state index contributed by atoms with van der Waals surface area (Å²) in [5, 5.41) is 1.49. The number of carbonyl (C=O) groups excluding carboxylic acids is 1. The van der Waals surface area contributed by atoms with Crippen LogP contribution in [0.4, 0.5) is 0 Å². The van der Waals surface area contributed by atoms with Crippen molar-refractivity contribution in [2.45, 2.75) is 33.8 Å². The van der Waals surface area contributed by atoms with E-state index in [-0.39, 0.29) is 12.7 Å². The van der Waals surface area contributed by atoms with Crippen molar-refractivity contribution < 1.29 is 14.3 Å². The zero-order chi connectivity index (χ0) is 15.6. The topological polar surface area (TPSA) is 48.4 Å². The largest absolute Gasteiger partial charge is 0.481 e. The Bertz CT molecular complexity index is 683. The molecule has 1 aromatic heterocycles. The lowest BCUT2D eigenvalue weighted by atomic mass is 10.1. The molecule has 0 aliphatic rings. The van der Waals surface area contributed by atoms with Gasteiger partial charge in [-0.25, -0.2) is 4.79 Å². The van der Waals surface area contributed by atoms with Crippen LogP contribution in [-0.4, -0.2) is 23.7 Å². The third kappa shape index (κ3) is 3.85. The molecule has 0 aliphatic heterocycles. The number of pyridine rings is 1. The predicted octanol–water partition coefficient (Wildman–Crippen LogP) is 3.84. The van der Waals surface area contributed by atoms with Gasteiger partial charge in [-0.1, -0.05) is 11.6 Å². The molecule has 0 amide bonds. The van der Waals surface area contributed by atoms with E-state index < -0.39 is 5.97 Å². The minimum atomic E-state index is -0.390. The van der Waals surface area contributed by atoms with Gasteiger partial charge < -0.3 is 9.47 Å². The fraction of sp³-hybridized carbons (Fsp3) is 0.375. The predicted molar refractivity (Wildman–Crippen MR) is 83.0 cm³/mol. The summed E-state index contributed by atoms with van der Waals surface area (Å²) in [6.07, 6.45) is -0.155. The molecule has 21 heavy (non-hydrogen) atoms. The summed E-state index contributed by atoms with van der Waals surface area (Å²) in [6, 6.07) is 5.52. The normalized spacial score (nSPS) is 11.0. The highest BCUT2D eigenvalue weighted by Gasteiger charge is 2.11. The van der Waals surface area contributed by atoms with Crippen molar-refractivity contribution in [2.75, 3.05) is 6.61 Å². The van der Waals surface area contributed by atoms with Crippen LogP contribution in [0, 0.1) is 13.8 Å². The Morgan fingerprint density at radius 3 is 2.67 bits per heavy atom. The van der Waals surface area contributed by atoms with Gasteiger partial charge in [0.25, 0.3) is 0 Å². The van der Waals surface area contributed by atoms with E-state index >= 15 is 0 Å². The number of fused-ring (bicyclic) bond motifs is 1. The van der Waals surface area contributed by atoms with Crippen molar-refractivity contribution in [3.05, 3.63) is 34.5 Å². The summed E-state index contributed by atoms with van der Waals surface area (Å²) in [7, 11) is 0. The first kappa shape index (κ1) is 15.6. The standard InChI is InChI=1S/C16H18ClNO3/c1-9(2)21-16(19)8-20-15-6-11(4)18-14-7-13(17)10(3)5-12(14)15/h5-7,9H,8H2,1-4H3. The molecule has 2 aromatic rings. The summed E-state index contributed by atoms with van der Waals surface area (Å²) in [5.74, 6) is 0.219. The van der Waals surface area contributed by atoms with E-state index in [0.717, 1.165) is 22.2 Å². The van der Waals surface area contributed by atoms with Crippen LogP contribution in [0.3, 0.4) is 0 Å². The second-order valence-electron chi connectivity index (χ2n) is 5.21. The van der Waals surface area contributed by atoms with E-state index in [1.165, 1.54) is 0 Å². The third-order valence-corrected chi connectivity index (χ3v) is 3.30. The Labute approximate surface area is 129 Å². The van der Waals surface area contributed by atoms with Crippen LogP contribution >= 0.6 is 11.6 Å². The van der Waals surface area contributed by atoms with Crippen molar-refractivity contribution in [2.24, 2.45) is 0 Å². The number of ether oxygens (including phenoxy) is 2. The Hall–Kier alpha value is -1.81. The van der Waals surface area contributed by atoms with Gasteiger partial charge in [-0.2, -0.15) is 0 Å². The van der Waals surface area contributed by atoms with Gasteiger partial charge in [-0.3, -0.25) is 4.98 Å². The first-order chi connectivity index (χ1) is 9.86. The zero-order valence-electron chi connectivity index (χ0n) is 12.6. The molecule has 5 heteroatoms. The number of aryl methyl sites for hydroxylation is 2. The van der Waals surface area contributed by atoms with E-state index in [4.69, 9.17) is 21.1 Å². The van der Waals surface area contributed by atoms with E-state index in [9.17, 15) is 4.79 Å². The number of benzene rings is 1. The van der Waals surface area contributed by atoms with Crippen molar-refractivity contribution in [3.63, 3.8) is 0 Å². The lowest BCUT2D eigenvalue weighted by Crippen LogP contribution is -2.18. The second-order valence-corrected chi connectivity index (χ2v) is 5.61. The van der Waals surface area contributed by atoms with E-state index in [2.05, 4.69) is 4.98 Å². The average molecular weight is 308 g/mol. The molecular formula is C16H18ClNO3. The molecule has 4 nitrogen and oxygen atoms in total. The SMILES string of the molecule is Cc1cc(OCC(=O)OC(C)C)c2cc(C)c(Cl)cc2n1. The monoisotopic (exact) mass is 307 g/mol. The van der Waals surface area contributed by atoms with Crippen LogP contribution in [0.2, 0.25) is 5.02 Å². The van der Waals surface area contributed by atoms with Crippen LogP contribution < -0.4 is 4.74 Å². The van der Waals surface area contributed by atoms with Crippen LogP contribution in [0.5, 0.6) is 5.75 Å². The number of rotatable bonds is 4.